The summed E-state index contributed by atoms with van der Waals surface area (Å²) in [6.07, 6.45) is 5.40. The summed E-state index contributed by atoms with van der Waals surface area (Å²) >= 11 is 5.98. The van der Waals surface area contributed by atoms with Crippen LogP contribution in [-0.4, -0.2) is 15.5 Å². The van der Waals surface area contributed by atoms with Crippen LogP contribution in [0.25, 0.3) is 11.8 Å². The lowest BCUT2D eigenvalue weighted by molar-refractivity contribution is 0.0693. The van der Waals surface area contributed by atoms with Crippen molar-refractivity contribution in [2.45, 2.75) is 6.54 Å². The molecule has 0 aliphatic carbocycles. The molecule has 0 bridgehead atoms. The lowest BCUT2D eigenvalue weighted by Crippen LogP contribution is -2.06. The number of carbonyl (C=O) groups excluding carboxylic acids is 1. The zero-order valence-electron chi connectivity index (χ0n) is 16.1. The smallest absolute Gasteiger partial charge is 0.343 e. The van der Waals surface area contributed by atoms with Gasteiger partial charge in [-0.15, -0.1) is 0 Å². The molecule has 3 aromatic carbocycles. The van der Waals surface area contributed by atoms with Crippen molar-refractivity contribution in [3.8, 4) is 0 Å². The highest BCUT2D eigenvalue weighted by atomic mass is 35.5. The van der Waals surface area contributed by atoms with Crippen LogP contribution in [0.3, 0.4) is 0 Å². The van der Waals surface area contributed by atoms with E-state index in [0.29, 0.717) is 28.7 Å². The number of hydrogen-bond donors (Lipinski definition) is 0. The first-order valence-corrected chi connectivity index (χ1v) is 9.87. The number of carbonyl (C=O) groups is 1. The van der Waals surface area contributed by atoms with Crippen LogP contribution < -0.4 is 0 Å². The quantitative estimate of drug-likeness (QED) is 0.289. The van der Waals surface area contributed by atoms with E-state index < -0.39 is 5.97 Å². The Hall–Kier alpha value is -3.63. The van der Waals surface area contributed by atoms with Crippen LogP contribution in [0, 0.1) is 0 Å². The van der Waals surface area contributed by atoms with Gasteiger partial charge in [-0.3, -0.25) is 0 Å². The Kier molecular flexibility index (Phi) is 6.06. The van der Waals surface area contributed by atoms with Crippen molar-refractivity contribution in [2.75, 3.05) is 0 Å². The summed E-state index contributed by atoms with van der Waals surface area (Å²) in [5.41, 5.74) is 2.38. The minimum atomic E-state index is -0.415. The topological polar surface area (TPSA) is 44.1 Å². The summed E-state index contributed by atoms with van der Waals surface area (Å²) in [6, 6.07) is 26.1. The zero-order chi connectivity index (χ0) is 20.8. The van der Waals surface area contributed by atoms with E-state index in [1.54, 1.807) is 36.5 Å². The van der Waals surface area contributed by atoms with E-state index in [0.717, 1.165) is 11.1 Å². The van der Waals surface area contributed by atoms with Crippen LogP contribution in [0.5, 0.6) is 0 Å². The fraction of sp³-hybridized carbons (Fsp3) is 0.0400. The Labute approximate surface area is 180 Å². The highest BCUT2D eigenvalue weighted by molar-refractivity contribution is 6.30. The van der Waals surface area contributed by atoms with Gasteiger partial charge in [0.15, 0.2) is 0 Å². The monoisotopic (exact) mass is 414 g/mol. The van der Waals surface area contributed by atoms with Crippen molar-refractivity contribution in [1.29, 1.82) is 0 Å². The SMILES string of the molecule is O=C(O/C(=C/c1nccn1Cc1ccc(Cl)cc1)c1ccccc1)c1ccccc1. The molecule has 0 N–H and O–H groups in total. The van der Waals surface area contributed by atoms with Gasteiger partial charge in [0.25, 0.3) is 0 Å². The predicted molar refractivity (Wildman–Crippen MR) is 119 cm³/mol. The van der Waals surface area contributed by atoms with E-state index in [-0.39, 0.29) is 0 Å². The van der Waals surface area contributed by atoms with Gasteiger partial charge in [-0.2, -0.15) is 0 Å². The zero-order valence-corrected chi connectivity index (χ0v) is 16.9. The summed E-state index contributed by atoms with van der Waals surface area (Å²) in [4.78, 5) is 17.1. The lowest BCUT2D eigenvalue weighted by atomic mass is 10.1. The molecule has 30 heavy (non-hydrogen) atoms. The number of rotatable bonds is 6. The third-order valence-electron chi connectivity index (χ3n) is 4.54. The Morgan fingerprint density at radius 3 is 2.20 bits per heavy atom. The van der Waals surface area contributed by atoms with Crippen LogP contribution in [0.2, 0.25) is 5.02 Å². The average molecular weight is 415 g/mol. The molecule has 0 fully saturated rings. The maximum atomic E-state index is 12.7. The maximum Gasteiger partial charge on any atom is 0.343 e. The molecule has 1 heterocycles. The van der Waals surface area contributed by atoms with E-state index in [4.69, 9.17) is 16.3 Å². The normalized spacial score (nSPS) is 11.3. The van der Waals surface area contributed by atoms with Crippen LogP contribution >= 0.6 is 11.6 Å². The van der Waals surface area contributed by atoms with Crippen molar-refractivity contribution in [1.82, 2.24) is 9.55 Å². The van der Waals surface area contributed by atoms with Gasteiger partial charge in [-0.1, -0.05) is 72.3 Å². The fourth-order valence-electron chi connectivity index (χ4n) is 3.01. The van der Waals surface area contributed by atoms with Crippen LogP contribution in [-0.2, 0) is 11.3 Å². The van der Waals surface area contributed by atoms with Gasteiger partial charge in [0.1, 0.15) is 11.6 Å². The molecule has 5 heteroatoms. The van der Waals surface area contributed by atoms with Gasteiger partial charge in [0.05, 0.1) is 5.56 Å². The Bertz CT molecular complexity index is 1150. The molecular weight excluding hydrogens is 396 g/mol. The van der Waals surface area contributed by atoms with Crippen molar-refractivity contribution in [2.24, 2.45) is 0 Å². The molecular formula is C25H19ClN2O2. The molecule has 0 unspecified atom stereocenters. The number of aromatic nitrogens is 2. The molecule has 0 atom stereocenters. The molecule has 0 radical (unpaired) electrons. The predicted octanol–water partition coefficient (Wildman–Crippen LogP) is 5.94. The summed E-state index contributed by atoms with van der Waals surface area (Å²) in [6.45, 7) is 0.623. The summed E-state index contributed by atoms with van der Waals surface area (Å²) in [5.74, 6) is 0.708. The van der Waals surface area contributed by atoms with Crippen molar-refractivity contribution in [3.63, 3.8) is 0 Å². The number of nitrogens with zero attached hydrogens (tertiary/aromatic N) is 2. The van der Waals surface area contributed by atoms with E-state index in [2.05, 4.69) is 4.98 Å². The van der Waals surface area contributed by atoms with Crippen molar-refractivity contribution < 1.29 is 9.53 Å². The molecule has 0 spiro atoms. The van der Waals surface area contributed by atoms with Gasteiger partial charge in [-0.25, -0.2) is 9.78 Å². The molecule has 4 aromatic rings. The summed E-state index contributed by atoms with van der Waals surface area (Å²) in [5, 5.41) is 0.698. The maximum absolute atomic E-state index is 12.7. The molecule has 4 rings (SSSR count). The number of esters is 1. The number of imidazole rings is 1. The summed E-state index contributed by atoms with van der Waals surface area (Å²) < 4.78 is 7.76. The summed E-state index contributed by atoms with van der Waals surface area (Å²) in [7, 11) is 0. The largest absolute Gasteiger partial charge is 0.422 e. The third-order valence-corrected chi connectivity index (χ3v) is 4.80. The minimum absolute atomic E-state index is 0.415. The second-order valence-corrected chi connectivity index (χ2v) is 7.11. The van der Waals surface area contributed by atoms with Crippen molar-refractivity contribution >= 4 is 29.4 Å². The molecule has 0 aliphatic heterocycles. The second-order valence-electron chi connectivity index (χ2n) is 6.67. The molecule has 0 amide bonds. The molecule has 1 aromatic heterocycles. The molecule has 148 valence electrons. The van der Waals surface area contributed by atoms with E-state index >= 15 is 0 Å². The standard InChI is InChI=1S/C25H19ClN2O2/c26-22-13-11-19(12-14-22)18-28-16-15-27-24(28)17-23(20-7-3-1-4-8-20)30-25(29)21-9-5-2-6-10-21/h1-17H,18H2/b23-17+. The first kappa shape index (κ1) is 19.7. The molecule has 0 saturated carbocycles. The Balaban J connectivity index is 1.65. The molecule has 4 nitrogen and oxygen atoms in total. The van der Waals surface area contributed by atoms with E-state index in [1.165, 1.54) is 0 Å². The van der Waals surface area contributed by atoms with Gasteiger partial charge in [0.2, 0.25) is 0 Å². The fourth-order valence-corrected chi connectivity index (χ4v) is 3.13. The highest BCUT2D eigenvalue weighted by Gasteiger charge is 2.13. The number of halogens is 1. The number of benzene rings is 3. The van der Waals surface area contributed by atoms with Crippen LogP contribution in [0.1, 0.15) is 27.3 Å². The van der Waals surface area contributed by atoms with Gasteiger partial charge >= 0.3 is 5.97 Å². The van der Waals surface area contributed by atoms with Gasteiger partial charge in [0, 0.05) is 35.6 Å². The average Bonchev–Trinajstić information content (AvgIpc) is 3.22. The minimum Gasteiger partial charge on any atom is -0.422 e. The van der Waals surface area contributed by atoms with E-state index in [1.807, 2.05) is 71.4 Å². The van der Waals surface area contributed by atoms with Crippen molar-refractivity contribution in [3.05, 3.63) is 125 Å². The van der Waals surface area contributed by atoms with Crippen LogP contribution in [0.15, 0.2) is 97.3 Å². The van der Waals surface area contributed by atoms with Crippen LogP contribution in [0.4, 0.5) is 0 Å². The Morgan fingerprint density at radius 2 is 1.53 bits per heavy atom. The molecule has 0 saturated heterocycles. The first-order valence-electron chi connectivity index (χ1n) is 9.49. The number of ether oxygens (including phenoxy) is 1. The first-order chi connectivity index (χ1) is 14.7. The second kappa shape index (κ2) is 9.25. The highest BCUT2D eigenvalue weighted by Crippen LogP contribution is 2.21. The van der Waals surface area contributed by atoms with E-state index in [9.17, 15) is 4.79 Å². The van der Waals surface area contributed by atoms with Gasteiger partial charge in [-0.05, 0) is 29.8 Å². The number of hydrogen-bond acceptors (Lipinski definition) is 3. The third kappa shape index (κ3) is 4.85. The van der Waals surface area contributed by atoms with Gasteiger partial charge < -0.3 is 9.30 Å². The Morgan fingerprint density at radius 1 is 0.900 bits per heavy atom. The molecule has 0 aliphatic rings. The lowest BCUT2D eigenvalue weighted by Gasteiger charge is -2.11.